The van der Waals surface area contributed by atoms with Gasteiger partial charge in [-0.25, -0.2) is 0 Å². The number of benzene rings is 1. The van der Waals surface area contributed by atoms with E-state index in [9.17, 15) is 4.79 Å². The van der Waals surface area contributed by atoms with E-state index in [1.807, 2.05) is 0 Å². The lowest BCUT2D eigenvalue weighted by molar-refractivity contribution is 0.0950. The van der Waals surface area contributed by atoms with Gasteiger partial charge in [0.15, 0.2) is 10.9 Å². The number of hydrogen-bond donors (Lipinski definition) is 2. The van der Waals surface area contributed by atoms with Crippen molar-refractivity contribution in [1.82, 2.24) is 5.32 Å². The van der Waals surface area contributed by atoms with Crippen LogP contribution in [0.5, 0.6) is 11.5 Å². The van der Waals surface area contributed by atoms with Crippen molar-refractivity contribution < 1.29 is 18.7 Å². The number of hydrogen-bond acceptors (Lipinski definition) is 5. The molecule has 6 nitrogen and oxygen atoms in total. The number of furan rings is 1. The molecule has 1 aromatic carbocycles. The van der Waals surface area contributed by atoms with Gasteiger partial charge < -0.3 is 19.2 Å². The van der Waals surface area contributed by atoms with Crippen molar-refractivity contribution in [3.8, 4) is 11.5 Å². The third kappa shape index (κ3) is 3.69. The summed E-state index contributed by atoms with van der Waals surface area (Å²) in [4.78, 5) is 11.8. The Kier molecular flexibility index (Phi) is 5.24. The zero-order valence-corrected chi connectivity index (χ0v) is 13.4. The average molecular weight is 341 g/mol. The molecule has 2 N–H and O–H groups in total. The second-order valence-electron chi connectivity index (χ2n) is 4.07. The van der Waals surface area contributed by atoms with Crippen LogP contribution in [-0.4, -0.2) is 25.2 Å². The number of methoxy groups -OCH3 is 2. The molecule has 0 saturated carbocycles. The maximum absolute atomic E-state index is 11.8. The first-order chi connectivity index (χ1) is 10.5. The van der Waals surface area contributed by atoms with E-state index in [4.69, 9.17) is 37.7 Å². The van der Waals surface area contributed by atoms with Crippen molar-refractivity contribution >= 4 is 40.5 Å². The Labute approximate surface area is 137 Å². The molecule has 1 aromatic heterocycles. The van der Waals surface area contributed by atoms with Gasteiger partial charge in [0.05, 0.1) is 31.2 Å². The Morgan fingerprint density at radius 1 is 1.27 bits per heavy atom. The lowest BCUT2D eigenvalue weighted by Crippen LogP contribution is -2.34. The van der Waals surface area contributed by atoms with Crippen LogP contribution in [0.4, 0.5) is 5.69 Å². The van der Waals surface area contributed by atoms with Crippen LogP contribution in [0.15, 0.2) is 34.9 Å². The summed E-state index contributed by atoms with van der Waals surface area (Å²) in [5.74, 6) is 0.609. The standard InChI is InChI=1S/C14H13ClN2O4S/c1-19-11-7-9(12(20-2)6-8(11)15)16-14(22)17-13(18)10-4-3-5-21-10/h3-7H,1-2H3,(H2,16,17,18,22). The molecule has 22 heavy (non-hydrogen) atoms. The number of anilines is 1. The molecule has 0 fully saturated rings. The molecule has 0 aliphatic carbocycles. The lowest BCUT2D eigenvalue weighted by Gasteiger charge is -2.14. The normalized spacial score (nSPS) is 9.95. The number of nitrogens with one attached hydrogen (secondary N) is 2. The molecule has 0 saturated heterocycles. The van der Waals surface area contributed by atoms with E-state index in [1.54, 1.807) is 18.2 Å². The van der Waals surface area contributed by atoms with Gasteiger partial charge in [-0.15, -0.1) is 0 Å². The van der Waals surface area contributed by atoms with Crippen molar-refractivity contribution in [2.24, 2.45) is 0 Å². The van der Waals surface area contributed by atoms with Gasteiger partial charge in [-0.3, -0.25) is 10.1 Å². The number of amides is 1. The van der Waals surface area contributed by atoms with Crippen LogP contribution in [0.2, 0.25) is 5.02 Å². The van der Waals surface area contributed by atoms with E-state index >= 15 is 0 Å². The Balaban J connectivity index is 2.12. The maximum Gasteiger partial charge on any atom is 0.293 e. The molecule has 0 spiro atoms. The summed E-state index contributed by atoms with van der Waals surface area (Å²) in [6.07, 6.45) is 1.40. The van der Waals surface area contributed by atoms with Crippen LogP contribution in [0, 0.1) is 0 Å². The first-order valence-corrected chi connectivity index (χ1v) is 6.91. The molecule has 0 aliphatic heterocycles. The van der Waals surface area contributed by atoms with Crippen molar-refractivity contribution in [2.75, 3.05) is 19.5 Å². The molecule has 0 unspecified atom stereocenters. The molecule has 2 rings (SSSR count). The first kappa shape index (κ1) is 16.1. The predicted octanol–water partition coefficient (Wildman–Crippen LogP) is 3.08. The highest BCUT2D eigenvalue weighted by Gasteiger charge is 2.14. The minimum absolute atomic E-state index is 0.0871. The quantitative estimate of drug-likeness (QED) is 0.833. The van der Waals surface area contributed by atoms with Crippen LogP contribution >= 0.6 is 23.8 Å². The molecule has 0 bridgehead atoms. The van der Waals surface area contributed by atoms with Crippen LogP contribution in [0.25, 0.3) is 0 Å². The largest absolute Gasteiger partial charge is 0.495 e. The van der Waals surface area contributed by atoms with Crippen LogP contribution in [0.1, 0.15) is 10.6 Å². The summed E-state index contributed by atoms with van der Waals surface area (Å²) in [5.41, 5.74) is 0.508. The molecule has 0 aliphatic rings. The van der Waals surface area contributed by atoms with Gasteiger partial charge in [0.25, 0.3) is 5.91 Å². The van der Waals surface area contributed by atoms with E-state index in [1.165, 1.54) is 26.5 Å². The van der Waals surface area contributed by atoms with Gasteiger partial charge in [-0.2, -0.15) is 0 Å². The van der Waals surface area contributed by atoms with Crippen molar-refractivity contribution in [3.05, 3.63) is 41.3 Å². The molecule has 1 amide bonds. The molecule has 0 radical (unpaired) electrons. The van der Waals surface area contributed by atoms with Crippen molar-refractivity contribution in [1.29, 1.82) is 0 Å². The summed E-state index contributed by atoms with van der Waals surface area (Å²) in [6, 6.07) is 6.34. The summed E-state index contributed by atoms with van der Waals surface area (Å²) in [7, 11) is 2.99. The molecule has 8 heteroatoms. The fourth-order valence-corrected chi connectivity index (χ4v) is 2.12. The number of carbonyl (C=O) groups is 1. The van der Waals surface area contributed by atoms with Gasteiger partial charge >= 0.3 is 0 Å². The highest BCUT2D eigenvalue weighted by Crippen LogP contribution is 2.35. The van der Waals surface area contributed by atoms with Gasteiger partial charge in [0.1, 0.15) is 11.5 Å². The zero-order valence-electron chi connectivity index (χ0n) is 11.8. The predicted molar refractivity (Wildman–Crippen MR) is 87.0 cm³/mol. The van der Waals surface area contributed by atoms with Crippen LogP contribution in [0.3, 0.4) is 0 Å². The second kappa shape index (κ2) is 7.15. The minimum Gasteiger partial charge on any atom is -0.495 e. The summed E-state index contributed by atoms with van der Waals surface area (Å²) in [6.45, 7) is 0. The van der Waals surface area contributed by atoms with Gasteiger partial charge in [-0.05, 0) is 24.4 Å². The molecular weight excluding hydrogens is 328 g/mol. The zero-order chi connectivity index (χ0) is 16.1. The Bertz CT molecular complexity index is 688. The third-order valence-electron chi connectivity index (χ3n) is 2.69. The molecule has 2 aromatic rings. The minimum atomic E-state index is -0.456. The van der Waals surface area contributed by atoms with Crippen molar-refractivity contribution in [2.45, 2.75) is 0 Å². The van der Waals surface area contributed by atoms with Crippen LogP contribution in [-0.2, 0) is 0 Å². The summed E-state index contributed by atoms with van der Waals surface area (Å²) >= 11 is 11.1. The van der Waals surface area contributed by atoms with Crippen molar-refractivity contribution in [3.63, 3.8) is 0 Å². The maximum atomic E-state index is 11.8. The Morgan fingerprint density at radius 2 is 2.00 bits per heavy atom. The number of carbonyl (C=O) groups excluding carboxylic acids is 1. The van der Waals surface area contributed by atoms with E-state index in [2.05, 4.69) is 10.6 Å². The highest BCUT2D eigenvalue weighted by molar-refractivity contribution is 7.80. The summed E-state index contributed by atoms with van der Waals surface area (Å²) < 4.78 is 15.3. The topological polar surface area (TPSA) is 72.7 Å². The summed E-state index contributed by atoms with van der Waals surface area (Å²) in [5, 5.41) is 5.83. The number of ether oxygens (including phenoxy) is 2. The Morgan fingerprint density at radius 3 is 2.59 bits per heavy atom. The van der Waals surface area contributed by atoms with E-state index in [0.717, 1.165) is 0 Å². The Hall–Kier alpha value is -2.25. The van der Waals surface area contributed by atoms with E-state index in [0.29, 0.717) is 22.2 Å². The number of rotatable bonds is 4. The fraction of sp³-hybridized carbons (Fsp3) is 0.143. The number of halogens is 1. The first-order valence-electron chi connectivity index (χ1n) is 6.12. The van der Waals surface area contributed by atoms with E-state index in [-0.39, 0.29) is 10.9 Å². The molecule has 1 heterocycles. The number of thiocarbonyl (C=S) groups is 1. The lowest BCUT2D eigenvalue weighted by atomic mass is 10.2. The average Bonchev–Trinajstić information content (AvgIpc) is 3.02. The highest BCUT2D eigenvalue weighted by atomic mass is 35.5. The van der Waals surface area contributed by atoms with Gasteiger partial charge in [0.2, 0.25) is 0 Å². The monoisotopic (exact) mass is 340 g/mol. The molecule has 0 atom stereocenters. The van der Waals surface area contributed by atoms with Crippen LogP contribution < -0.4 is 20.1 Å². The third-order valence-corrected chi connectivity index (χ3v) is 3.19. The van der Waals surface area contributed by atoms with E-state index < -0.39 is 5.91 Å². The van der Waals surface area contributed by atoms with Gasteiger partial charge in [0, 0.05) is 12.1 Å². The SMILES string of the molecule is COc1cc(NC(=S)NC(=O)c2ccco2)c(OC)cc1Cl. The molecule has 116 valence electrons. The smallest absolute Gasteiger partial charge is 0.293 e. The molecular formula is C14H13ClN2O4S. The fourth-order valence-electron chi connectivity index (χ4n) is 1.68. The van der Waals surface area contributed by atoms with Gasteiger partial charge in [-0.1, -0.05) is 11.6 Å². The second-order valence-corrected chi connectivity index (χ2v) is 4.89.